The highest BCUT2D eigenvalue weighted by atomic mass is 16.5. The molecule has 20 heavy (non-hydrogen) atoms. The highest BCUT2D eigenvalue weighted by molar-refractivity contribution is 5.28. The molecule has 0 atom stereocenters. The lowest BCUT2D eigenvalue weighted by molar-refractivity contribution is -0.0123. The molecule has 108 valence electrons. The normalized spacial score (nSPS) is 25.4. The maximum absolute atomic E-state index is 5.83. The number of nitrogens with zero attached hydrogens (tertiary/aromatic N) is 1. The van der Waals surface area contributed by atoms with Crippen molar-refractivity contribution >= 4 is 0 Å². The van der Waals surface area contributed by atoms with E-state index < -0.39 is 0 Å². The van der Waals surface area contributed by atoms with Crippen molar-refractivity contribution in [3.8, 4) is 5.75 Å². The van der Waals surface area contributed by atoms with Crippen molar-refractivity contribution in [2.24, 2.45) is 5.41 Å². The van der Waals surface area contributed by atoms with Crippen LogP contribution in [0, 0.1) is 5.41 Å². The molecule has 3 aliphatic rings. The van der Waals surface area contributed by atoms with Crippen molar-refractivity contribution in [2.75, 3.05) is 39.4 Å². The van der Waals surface area contributed by atoms with E-state index in [0.29, 0.717) is 11.5 Å². The summed E-state index contributed by atoms with van der Waals surface area (Å²) >= 11 is 0. The van der Waals surface area contributed by atoms with Crippen molar-refractivity contribution < 1.29 is 9.47 Å². The van der Waals surface area contributed by atoms with Crippen LogP contribution in [0.15, 0.2) is 24.3 Å². The molecule has 0 bridgehead atoms. The Bertz CT molecular complexity index is 456. The average molecular weight is 274 g/mol. The largest absolute Gasteiger partial charge is 0.488 e. The molecule has 3 fully saturated rings. The molecule has 1 aromatic rings. The maximum Gasteiger partial charge on any atom is 0.123 e. The third-order valence-electron chi connectivity index (χ3n) is 4.68. The van der Waals surface area contributed by atoms with Gasteiger partial charge in [-0.15, -0.1) is 0 Å². The third-order valence-corrected chi connectivity index (χ3v) is 4.68. The first-order valence-corrected chi connectivity index (χ1v) is 7.58. The molecular formula is C16H22N2O2. The lowest BCUT2D eigenvalue weighted by Gasteiger charge is -2.47. The van der Waals surface area contributed by atoms with Gasteiger partial charge >= 0.3 is 0 Å². The van der Waals surface area contributed by atoms with E-state index in [1.807, 2.05) is 0 Å². The fourth-order valence-corrected chi connectivity index (χ4v) is 3.38. The first-order chi connectivity index (χ1) is 9.81. The van der Waals surface area contributed by atoms with Crippen LogP contribution in [-0.2, 0) is 11.3 Å². The second-order valence-electron chi connectivity index (χ2n) is 6.49. The van der Waals surface area contributed by atoms with Crippen LogP contribution in [0.3, 0.4) is 0 Å². The van der Waals surface area contributed by atoms with E-state index in [-0.39, 0.29) is 0 Å². The molecule has 4 nitrogen and oxygen atoms in total. The first kappa shape index (κ1) is 12.6. The molecule has 0 radical (unpaired) electrons. The summed E-state index contributed by atoms with van der Waals surface area (Å²) in [7, 11) is 0. The van der Waals surface area contributed by atoms with Crippen molar-refractivity contribution in [3.05, 3.63) is 29.8 Å². The topological polar surface area (TPSA) is 33.7 Å². The minimum Gasteiger partial charge on any atom is -0.488 e. The molecule has 1 spiro atoms. The second kappa shape index (κ2) is 5.02. The summed E-state index contributed by atoms with van der Waals surface area (Å²) in [5.41, 5.74) is 1.86. The van der Waals surface area contributed by atoms with Gasteiger partial charge in [0.15, 0.2) is 0 Å². The minimum absolute atomic E-state index is 0.360. The predicted molar refractivity (Wildman–Crippen MR) is 76.9 cm³/mol. The van der Waals surface area contributed by atoms with Gasteiger partial charge in [0.1, 0.15) is 11.9 Å². The van der Waals surface area contributed by atoms with Gasteiger partial charge in [-0.05, 0) is 24.1 Å². The van der Waals surface area contributed by atoms with Gasteiger partial charge in [0.05, 0.1) is 6.61 Å². The second-order valence-corrected chi connectivity index (χ2v) is 6.49. The minimum atomic E-state index is 0.360. The van der Waals surface area contributed by atoms with Gasteiger partial charge in [0.25, 0.3) is 0 Å². The number of likely N-dealkylation sites (tertiary alicyclic amines) is 1. The molecule has 0 saturated carbocycles. The molecule has 4 heteroatoms. The Morgan fingerprint density at radius 1 is 1.25 bits per heavy atom. The van der Waals surface area contributed by atoms with Crippen molar-refractivity contribution in [3.63, 3.8) is 0 Å². The molecule has 0 unspecified atom stereocenters. The molecule has 1 aromatic carbocycles. The smallest absolute Gasteiger partial charge is 0.123 e. The Morgan fingerprint density at radius 3 is 2.65 bits per heavy atom. The summed E-state index contributed by atoms with van der Waals surface area (Å²) in [5, 5.41) is 3.22. The fraction of sp³-hybridized carbons (Fsp3) is 0.625. The Morgan fingerprint density at radius 2 is 2.05 bits per heavy atom. The zero-order valence-electron chi connectivity index (χ0n) is 11.8. The van der Waals surface area contributed by atoms with Gasteiger partial charge in [-0.2, -0.15) is 0 Å². The van der Waals surface area contributed by atoms with Crippen LogP contribution in [0.4, 0.5) is 0 Å². The average Bonchev–Trinajstić information content (AvgIpc) is 2.85. The molecule has 0 aromatic heterocycles. The van der Waals surface area contributed by atoms with Crippen LogP contribution in [0.5, 0.6) is 5.75 Å². The first-order valence-electron chi connectivity index (χ1n) is 7.58. The molecular weight excluding hydrogens is 252 g/mol. The lowest BCUT2D eigenvalue weighted by Crippen LogP contribution is -2.55. The molecule has 4 rings (SSSR count). The van der Waals surface area contributed by atoms with Crippen LogP contribution >= 0.6 is 0 Å². The molecule has 3 saturated heterocycles. The monoisotopic (exact) mass is 274 g/mol. The lowest BCUT2D eigenvalue weighted by atomic mass is 9.79. The number of nitrogens with one attached hydrogen (secondary N) is 1. The summed E-state index contributed by atoms with van der Waals surface area (Å²) in [6.45, 7) is 7.30. The van der Waals surface area contributed by atoms with Gasteiger partial charge < -0.3 is 14.8 Å². The van der Waals surface area contributed by atoms with E-state index in [1.165, 1.54) is 25.1 Å². The molecule has 3 aliphatic heterocycles. The number of ether oxygens (including phenoxy) is 2. The van der Waals surface area contributed by atoms with E-state index in [1.54, 1.807) is 0 Å². The number of hydrogen-bond acceptors (Lipinski definition) is 4. The van der Waals surface area contributed by atoms with Crippen molar-refractivity contribution in [1.29, 1.82) is 0 Å². The summed E-state index contributed by atoms with van der Waals surface area (Å²) in [6, 6.07) is 8.58. The van der Waals surface area contributed by atoms with Crippen LogP contribution in [0.1, 0.15) is 12.0 Å². The Labute approximate surface area is 120 Å². The summed E-state index contributed by atoms with van der Waals surface area (Å²) < 4.78 is 11.4. The van der Waals surface area contributed by atoms with E-state index >= 15 is 0 Å². The van der Waals surface area contributed by atoms with Crippen LogP contribution in [0.2, 0.25) is 0 Å². The zero-order valence-corrected chi connectivity index (χ0v) is 11.8. The highest BCUT2D eigenvalue weighted by Gasteiger charge is 2.45. The third kappa shape index (κ3) is 2.43. The molecule has 0 aliphatic carbocycles. The standard InChI is InChI=1S/C16H22N2O2/c1-3-14(20-15-7-17-8-15)4-2-13(1)9-18-10-16(11-18)5-6-19-12-16/h1-4,15,17H,5-12H2. The van der Waals surface area contributed by atoms with E-state index in [2.05, 4.69) is 34.5 Å². The van der Waals surface area contributed by atoms with Gasteiger partial charge in [-0.1, -0.05) is 12.1 Å². The predicted octanol–water partition coefficient (Wildman–Crippen LogP) is 1.26. The number of rotatable bonds is 4. The molecule has 0 amide bonds. The van der Waals surface area contributed by atoms with Crippen LogP contribution in [0.25, 0.3) is 0 Å². The number of hydrogen-bond donors (Lipinski definition) is 1. The number of benzene rings is 1. The van der Waals surface area contributed by atoms with Crippen LogP contribution in [-0.4, -0.2) is 50.4 Å². The summed E-state index contributed by atoms with van der Waals surface area (Å²) in [4.78, 5) is 2.51. The van der Waals surface area contributed by atoms with Gasteiger partial charge in [-0.3, -0.25) is 4.90 Å². The summed E-state index contributed by atoms with van der Waals surface area (Å²) in [6.07, 6.45) is 1.60. The van der Waals surface area contributed by atoms with E-state index in [9.17, 15) is 0 Å². The maximum atomic E-state index is 5.83. The van der Waals surface area contributed by atoms with E-state index in [0.717, 1.165) is 38.6 Å². The molecule has 1 N–H and O–H groups in total. The highest BCUT2D eigenvalue weighted by Crippen LogP contribution is 2.38. The summed E-state index contributed by atoms with van der Waals surface area (Å²) in [5.74, 6) is 0.990. The zero-order chi connectivity index (χ0) is 13.4. The van der Waals surface area contributed by atoms with E-state index in [4.69, 9.17) is 9.47 Å². The van der Waals surface area contributed by atoms with Crippen molar-refractivity contribution in [2.45, 2.75) is 19.1 Å². The quantitative estimate of drug-likeness (QED) is 0.896. The Hall–Kier alpha value is -1.10. The van der Waals surface area contributed by atoms with Gasteiger partial charge in [0, 0.05) is 44.7 Å². The molecule has 3 heterocycles. The Balaban J connectivity index is 1.29. The van der Waals surface area contributed by atoms with Crippen molar-refractivity contribution in [1.82, 2.24) is 10.2 Å². The Kier molecular flexibility index (Phi) is 3.17. The SMILES string of the molecule is c1cc(OC2CNC2)ccc1CN1CC2(CCOC2)C1. The fourth-order valence-electron chi connectivity index (χ4n) is 3.38. The van der Waals surface area contributed by atoms with Crippen LogP contribution < -0.4 is 10.1 Å². The van der Waals surface area contributed by atoms with Gasteiger partial charge in [0.2, 0.25) is 0 Å². The van der Waals surface area contributed by atoms with Gasteiger partial charge in [-0.25, -0.2) is 0 Å².